The normalized spacial score (nSPS) is 10.4. The van der Waals surface area contributed by atoms with E-state index in [1.54, 1.807) is 0 Å². The van der Waals surface area contributed by atoms with Crippen molar-refractivity contribution in [1.82, 2.24) is 4.48 Å². The van der Waals surface area contributed by atoms with Gasteiger partial charge in [0.15, 0.2) is 0 Å². The fourth-order valence-electron chi connectivity index (χ4n) is 1.75. The molecule has 0 unspecified atom stereocenters. The summed E-state index contributed by atoms with van der Waals surface area (Å²) in [5.41, 5.74) is 2.59. The van der Waals surface area contributed by atoms with Gasteiger partial charge in [0, 0.05) is 0 Å². The first-order valence-corrected chi connectivity index (χ1v) is 5.92. The Hall–Kier alpha value is -1.66. The molecule has 2 rings (SSSR count). The summed E-state index contributed by atoms with van der Waals surface area (Å²) >= 11 is 0. The third-order valence-electron chi connectivity index (χ3n) is 2.80. The second-order valence-electron chi connectivity index (χ2n) is 4.45. The largest absolute Gasteiger partial charge is 0.832 e. The molecule has 5 heteroatoms. The fraction of sp³-hybridized carbons (Fsp3) is 0.143. The Kier molecular flexibility index (Phi) is 5.72. The van der Waals surface area contributed by atoms with Crippen molar-refractivity contribution < 1.29 is 15.1 Å². The van der Waals surface area contributed by atoms with Crippen LogP contribution in [0.15, 0.2) is 60.7 Å². The minimum absolute atomic E-state index is 0.779. The van der Waals surface area contributed by atoms with Gasteiger partial charge >= 0.3 is 7.32 Å². The predicted octanol–water partition coefficient (Wildman–Crippen LogP) is 0.901. The lowest BCUT2D eigenvalue weighted by Crippen LogP contribution is -2.33. The average molecular weight is 259 g/mol. The maximum absolute atomic E-state index is 8.64. The molecule has 0 fully saturated rings. The molecule has 0 aliphatic rings. The Labute approximate surface area is 114 Å². The highest BCUT2D eigenvalue weighted by atomic mass is 16.5. The smallest absolute Gasteiger partial charge is 0.339 e. The van der Waals surface area contributed by atoms with Gasteiger partial charge in [-0.15, -0.1) is 0 Å². The minimum atomic E-state index is -2.42. The minimum Gasteiger partial charge on any atom is -0.832 e. The van der Waals surface area contributed by atoms with Gasteiger partial charge in [0.05, 0.1) is 14.1 Å². The maximum atomic E-state index is 8.64. The Bertz CT molecular complexity index is 430. The van der Waals surface area contributed by atoms with Gasteiger partial charge in [-0.05, 0) is 24.3 Å². The van der Waals surface area contributed by atoms with Crippen molar-refractivity contribution in [3.05, 3.63) is 60.7 Å². The van der Waals surface area contributed by atoms with Crippen molar-refractivity contribution in [3.63, 3.8) is 0 Å². The number of hydrogen-bond donors (Lipinski definition) is 2. The summed E-state index contributed by atoms with van der Waals surface area (Å²) in [7, 11) is 1.98. The third kappa shape index (κ3) is 4.85. The molecule has 19 heavy (non-hydrogen) atoms. The van der Waals surface area contributed by atoms with E-state index in [9.17, 15) is 0 Å². The molecule has 0 saturated carbocycles. The lowest BCUT2D eigenvalue weighted by molar-refractivity contribution is -0.242. The van der Waals surface area contributed by atoms with Crippen molar-refractivity contribution in [2.24, 2.45) is 0 Å². The summed E-state index contributed by atoms with van der Waals surface area (Å²) in [6.07, 6.45) is 0. The van der Waals surface area contributed by atoms with Gasteiger partial charge < -0.3 is 15.1 Å². The van der Waals surface area contributed by atoms with E-state index in [1.807, 2.05) is 0 Å². The molecule has 0 radical (unpaired) electrons. The van der Waals surface area contributed by atoms with Gasteiger partial charge in [-0.3, -0.25) is 4.48 Å². The highest BCUT2D eigenvalue weighted by Gasteiger charge is 2.20. The van der Waals surface area contributed by atoms with E-state index >= 15 is 0 Å². The molecule has 0 saturated heterocycles. The summed E-state index contributed by atoms with van der Waals surface area (Å²) in [4.78, 5) is 0. The van der Waals surface area contributed by atoms with Gasteiger partial charge in [0.25, 0.3) is 0 Å². The molecule has 2 aromatic rings. The Morgan fingerprint density at radius 1 is 0.789 bits per heavy atom. The maximum Gasteiger partial charge on any atom is 0.339 e. The first-order valence-electron chi connectivity index (χ1n) is 5.92. The summed E-state index contributed by atoms with van der Waals surface area (Å²) in [6.45, 7) is 0. The zero-order chi connectivity index (χ0) is 14.3. The molecular weight excluding hydrogens is 241 g/mol. The number of rotatable bonds is 2. The zero-order valence-electron chi connectivity index (χ0n) is 11.1. The molecule has 2 N–H and O–H groups in total. The first kappa shape index (κ1) is 15.4. The van der Waals surface area contributed by atoms with Gasteiger partial charge in [0.1, 0.15) is 11.4 Å². The second kappa shape index (κ2) is 7.06. The summed E-state index contributed by atoms with van der Waals surface area (Å²) in [5, 5.41) is 22.8. The van der Waals surface area contributed by atoms with Crippen LogP contribution in [0.2, 0.25) is 0 Å². The zero-order valence-corrected chi connectivity index (χ0v) is 11.1. The molecule has 100 valence electrons. The summed E-state index contributed by atoms with van der Waals surface area (Å²) < 4.78 is 0.779. The van der Waals surface area contributed by atoms with E-state index < -0.39 is 7.32 Å². The number of benzene rings is 2. The van der Waals surface area contributed by atoms with Gasteiger partial charge in [-0.25, -0.2) is 0 Å². The standard InChI is InChI=1S/C14H16N.BH2O3/c1-15(2,13-9-5-3-6-10-13)14-11-7-4-8-12-14;2-1(3)4/h3-12H,1-2H3;2-3H/q+1;-1. The van der Waals surface area contributed by atoms with Crippen LogP contribution in [0.1, 0.15) is 0 Å². The average Bonchev–Trinajstić information content (AvgIpc) is 2.40. The quantitative estimate of drug-likeness (QED) is 0.622. The molecule has 0 heterocycles. The molecule has 0 aromatic heterocycles. The molecule has 0 amide bonds. The van der Waals surface area contributed by atoms with E-state index in [2.05, 4.69) is 74.8 Å². The molecule has 0 atom stereocenters. The van der Waals surface area contributed by atoms with Crippen LogP contribution >= 0.6 is 0 Å². The Morgan fingerprint density at radius 3 is 1.32 bits per heavy atom. The van der Waals surface area contributed by atoms with Crippen molar-refractivity contribution in [1.29, 1.82) is 0 Å². The molecular formula is C14H18BNO3. The van der Waals surface area contributed by atoms with E-state index in [1.165, 1.54) is 11.4 Å². The number of nitrogens with zero attached hydrogens (tertiary/aromatic N) is 1. The SMILES string of the molecule is C[N+](C)(c1ccccc1)c1ccccc1.[O-]B(O)O. The van der Waals surface area contributed by atoms with Crippen molar-refractivity contribution in [2.75, 3.05) is 14.1 Å². The number of quaternary nitrogens is 1. The van der Waals surface area contributed by atoms with Crippen LogP contribution < -0.4 is 9.51 Å². The Morgan fingerprint density at radius 2 is 1.05 bits per heavy atom. The molecule has 0 bridgehead atoms. The lowest BCUT2D eigenvalue weighted by atomic mass is 10.2. The van der Waals surface area contributed by atoms with Crippen molar-refractivity contribution in [3.8, 4) is 0 Å². The number of para-hydroxylation sites is 2. The van der Waals surface area contributed by atoms with Crippen LogP contribution in [0, 0.1) is 0 Å². The monoisotopic (exact) mass is 259 g/mol. The first-order chi connectivity index (χ1) is 8.94. The van der Waals surface area contributed by atoms with Crippen LogP contribution in [0.5, 0.6) is 0 Å². The highest BCUT2D eigenvalue weighted by molar-refractivity contribution is 6.28. The van der Waals surface area contributed by atoms with E-state index in [0.717, 1.165) is 4.48 Å². The Balaban J connectivity index is 0.000000399. The van der Waals surface area contributed by atoms with Crippen molar-refractivity contribution in [2.45, 2.75) is 0 Å². The molecule has 0 spiro atoms. The van der Waals surface area contributed by atoms with Gasteiger partial charge in [0.2, 0.25) is 0 Å². The molecule has 0 aliphatic heterocycles. The lowest BCUT2D eigenvalue weighted by Gasteiger charge is -2.28. The highest BCUT2D eigenvalue weighted by Crippen LogP contribution is 2.29. The van der Waals surface area contributed by atoms with Gasteiger partial charge in [-0.2, -0.15) is 0 Å². The van der Waals surface area contributed by atoms with Gasteiger partial charge in [-0.1, -0.05) is 36.4 Å². The fourth-order valence-corrected chi connectivity index (χ4v) is 1.75. The van der Waals surface area contributed by atoms with Crippen LogP contribution in [-0.2, 0) is 0 Å². The number of hydrogen-bond acceptors (Lipinski definition) is 3. The van der Waals surface area contributed by atoms with E-state index in [-0.39, 0.29) is 0 Å². The van der Waals surface area contributed by atoms with Crippen LogP contribution in [-0.4, -0.2) is 31.5 Å². The third-order valence-corrected chi connectivity index (χ3v) is 2.80. The van der Waals surface area contributed by atoms with E-state index in [0.29, 0.717) is 0 Å². The summed E-state index contributed by atoms with van der Waals surface area (Å²) in [5.74, 6) is 0. The van der Waals surface area contributed by atoms with Crippen LogP contribution in [0.3, 0.4) is 0 Å². The molecule has 0 aliphatic carbocycles. The van der Waals surface area contributed by atoms with Crippen LogP contribution in [0.4, 0.5) is 11.4 Å². The molecule has 2 aromatic carbocycles. The van der Waals surface area contributed by atoms with Crippen molar-refractivity contribution >= 4 is 18.7 Å². The summed E-state index contributed by atoms with van der Waals surface area (Å²) in [6, 6.07) is 21.1. The topological polar surface area (TPSA) is 63.5 Å². The molecule has 4 nitrogen and oxygen atoms in total. The van der Waals surface area contributed by atoms with Crippen LogP contribution in [0.25, 0.3) is 0 Å². The second-order valence-corrected chi connectivity index (χ2v) is 4.45. The van der Waals surface area contributed by atoms with E-state index in [4.69, 9.17) is 15.1 Å². The predicted molar refractivity (Wildman–Crippen MR) is 76.4 cm³/mol.